The SMILES string of the molecule is CCn1c(SC(C)c2ccccc2)nc2c([nH]c3ccccc32)c1=O. The number of thioether (sulfide) groups is 1. The second kappa shape index (κ2) is 6.41. The van der Waals surface area contributed by atoms with Gasteiger partial charge in [-0.3, -0.25) is 9.36 Å². The average molecular weight is 349 g/mol. The number of aromatic amines is 1. The van der Waals surface area contributed by atoms with Crippen molar-refractivity contribution >= 4 is 33.7 Å². The lowest BCUT2D eigenvalue weighted by molar-refractivity contribution is 0.632. The molecule has 1 N–H and O–H groups in total. The van der Waals surface area contributed by atoms with Crippen LogP contribution in [-0.2, 0) is 6.54 Å². The van der Waals surface area contributed by atoms with Gasteiger partial charge in [-0.1, -0.05) is 60.3 Å². The Bertz CT molecular complexity index is 1100. The third-order valence-electron chi connectivity index (χ3n) is 4.44. The summed E-state index contributed by atoms with van der Waals surface area (Å²) in [4.78, 5) is 21.0. The largest absolute Gasteiger partial charge is 0.349 e. The minimum atomic E-state index is -0.00791. The van der Waals surface area contributed by atoms with E-state index in [2.05, 4.69) is 24.0 Å². The van der Waals surface area contributed by atoms with Gasteiger partial charge in [0.1, 0.15) is 11.0 Å². The van der Waals surface area contributed by atoms with Gasteiger partial charge in [0.2, 0.25) is 0 Å². The first-order valence-electron chi connectivity index (χ1n) is 8.42. The average Bonchev–Trinajstić information content (AvgIpc) is 3.02. The zero-order valence-corrected chi connectivity index (χ0v) is 15.0. The molecule has 5 heteroatoms. The number of hydrogen-bond acceptors (Lipinski definition) is 3. The Morgan fingerprint density at radius 2 is 1.84 bits per heavy atom. The standard InChI is InChI=1S/C20H19N3OS/c1-3-23-19(24)18-17(15-11-7-8-12-16(15)21-18)22-20(23)25-13(2)14-9-5-4-6-10-14/h4-13,21H,3H2,1-2H3. The van der Waals surface area contributed by atoms with Crippen LogP contribution >= 0.6 is 11.8 Å². The predicted molar refractivity (Wildman–Crippen MR) is 104 cm³/mol. The van der Waals surface area contributed by atoms with E-state index >= 15 is 0 Å². The molecule has 4 nitrogen and oxygen atoms in total. The van der Waals surface area contributed by atoms with E-state index in [4.69, 9.17) is 4.98 Å². The van der Waals surface area contributed by atoms with Crippen molar-refractivity contribution in [3.63, 3.8) is 0 Å². The minimum Gasteiger partial charge on any atom is -0.349 e. The van der Waals surface area contributed by atoms with Crippen LogP contribution < -0.4 is 5.56 Å². The molecule has 0 aliphatic heterocycles. The molecule has 0 aliphatic carbocycles. The summed E-state index contributed by atoms with van der Waals surface area (Å²) in [6, 6.07) is 18.2. The summed E-state index contributed by atoms with van der Waals surface area (Å²) in [5, 5.41) is 1.97. The Hall–Kier alpha value is -2.53. The smallest absolute Gasteiger partial charge is 0.278 e. The lowest BCUT2D eigenvalue weighted by Crippen LogP contribution is -2.22. The van der Waals surface area contributed by atoms with Gasteiger partial charge < -0.3 is 4.98 Å². The van der Waals surface area contributed by atoms with E-state index in [1.54, 1.807) is 16.3 Å². The fraction of sp³-hybridized carbons (Fsp3) is 0.200. The summed E-state index contributed by atoms with van der Waals surface area (Å²) in [5.74, 6) is 0. The normalized spacial score (nSPS) is 12.7. The van der Waals surface area contributed by atoms with Crippen molar-refractivity contribution in [1.82, 2.24) is 14.5 Å². The van der Waals surface area contributed by atoms with E-state index in [9.17, 15) is 4.79 Å². The van der Waals surface area contributed by atoms with Crippen LogP contribution in [0.4, 0.5) is 0 Å². The van der Waals surface area contributed by atoms with Gasteiger partial charge in [0.15, 0.2) is 5.16 Å². The number of rotatable bonds is 4. The Kier molecular flexibility index (Phi) is 4.09. The summed E-state index contributed by atoms with van der Waals surface area (Å²) in [6.45, 7) is 4.72. The van der Waals surface area contributed by atoms with Crippen LogP contribution in [0.1, 0.15) is 24.7 Å². The highest BCUT2D eigenvalue weighted by atomic mass is 32.2. The molecule has 126 valence electrons. The number of aromatic nitrogens is 3. The lowest BCUT2D eigenvalue weighted by Gasteiger charge is -2.14. The molecule has 0 radical (unpaired) electrons. The molecular weight excluding hydrogens is 330 g/mol. The molecule has 2 heterocycles. The molecule has 0 saturated carbocycles. The molecule has 0 fully saturated rings. The summed E-state index contributed by atoms with van der Waals surface area (Å²) >= 11 is 1.63. The topological polar surface area (TPSA) is 50.7 Å². The molecule has 25 heavy (non-hydrogen) atoms. The van der Waals surface area contributed by atoms with Gasteiger partial charge in [0.25, 0.3) is 5.56 Å². The van der Waals surface area contributed by atoms with E-state index in [1.807, 2.05) is 49.4 Å². The summed E-state index contributed by atoms with van der Waals surface area (Å²) in [6.07, 6.45) is 0. The lowest BCUT2D eigenvalue weighted by atomic mass is 10.2. The van der Waals surface area contributed by atoms with Gasteiger partial charge in [-0.2, -0.15) is 0 Å². The van der Waals surface area contributed by atoms with Gasteiger partial charge in [0, 0.05) is 22.7 Å². The van der Waals surface area contributed by atoms with Crippen molar-refractivity contribution in [3.05, 3.63) is 70.5 Å². The maximum Gasteiger partial charge on any atom is 0.278 e. The maximum absolute atomic E-state index is 12.9. The van der Waals surface area contributed by atoms with Crippen molar-refractivity contribution in [3.8, 4) is 0 Å². The summed E-state index contributed by atoms with van der Waals surface area (Å²) in [5.41, 5.74) is 3.51. The Morgan fingerprint density at radius 1 is 1.12 bits per heavy atom. The van der Waals surface area contributed by atoms with Crippen LogP contribution in [0, 0.1) is 0 Å². The van der Waals surface area contributed by atoms with Crippen LogP contribution in [0.25, 0.3) is 21.9 Å². The zero-order valence-electron chi connectivity index (χ0n) is 14.2. The van der Waals surface area contributed by atoms with Gasteiger partial charge in [-0.25, -0.2) is 4.98 Å². The Balaban J connectivity index is 1.87. The molecule has 0 bridgehead atoms. The number of para-hydroxylation sites is 1. The molecule has 0 aliphatic rings. The van der Waals surface area contributed by atoms with Gasteiger partial charge in [0.05, 0.1) is 0 Å². The first-order valence-corrected chi connectivity index (χ1v) is 9.30. The van der Waals surface area contributed by atoms with E-state index < -0.39 is 0 Å². The van der Waals surface area contributed by atoms with Crippen LogP contribution in [0.3, 0.4) is 0 Å². The molecular formula is C20H19N3OS. The third kappa shape index (κ3) is 2.74. The molecule has 2 aromatic carbocycles. The van der Waals surface area contributed by atoms with Gasteiger partial charge in [-0.15, -0.1) is 0 Å². The summed E-state index contributed by atoms with van der Waals surface area (Å²) < 4.78 is 1.75. The van der Waals surface area contributed by atoms with Crippen molar-refractivity contribution in [1.29, 1.82) is 0 Å². The number of nitrogens with one attached hydrogen (secondary N) is 1. The predicted octanol–water partition coefficient (Wildman–Crippen LogP) is 4.75. The quantitative estimate of drug-likeness (QED) is 0.427. The van der Waals surface area contributed by atoms with Crippen LogP contribution in [0.15, 0.2) is 64.5 Å². The number of benzene rings is 2. The van der Waals surface area contributed by atoms with E-state index in [0.29, 0.717) is 12.1 Å². The highest BCUT2D eigenvalue weighted by Crippen LogP contribution is 2.34. The third-order valence-corrected chi connectivity index (χ3v) is 5.59. The van der Waals surface area contributed by atoms with E-state index in [0.717, 1.165) is 21.6 Å². The summed E-state index contributed by atoms with van der Waals surface area (Å²) in [7, 11) is 0. The van der Waals surface area contributed by atoms with Gasteiger partial charge in [-0.05, 0) is 25.5 Å². The maximum atomic E-state index is 12.9. The molecule has 0 spiro atoms. The Labute approximate surface area is 149 Å². The van der Waals surface area contributed by atoms with Crippen molar-refractivity contribution in [2.75, 3.05) is 0 Å². The molecule has 0 amide bonds. The Morgan fingerprint density at radius 3 is 2.60 bits per heavy atom. The monoisotopic (exact) mass is 349 g/mol. The second-order valence-corrected chi connectivity index (χ2v) is 7.32. The van der Waals surface area contributed by atoms with Crippen molar-refractivity contribution < 1.29 is 0 Å². The second-order valence-electron chi connectivity index (χ2n) is 6.01. The molecule has 1 unspecified atom stereocenters. The molecule has 1 atom stereocenters. The van der Waals surface area contributed by atoms with Gasteiger partial charge >= 0.3 is 0 Å². The van der Waals surface area contributed by atoms with Crippen molar-refractivity contribution in [2.24, 2.45) is 0 Å². The fourth-order valence-electron chi connectivity index (χ4n) is 3.09. The highest BCUT2D eigenvalue weighted by molar-refractivity contribution is 7.99. The molecule has 4 aromatic rings. The minimum absolute atomic E-state index is 0.00791. The first-order chi connectivity index (χ1) is 12.2. The van der Waals surface area contributed by atoms with Crippen LogP contribution in [0.5, 0.6) is 0 Å². The van der Waals surface area contributed by atoms with Crippen LogP contribution in [-0.4, -0.2) is 14.5 Å². The van der Waals surface area contributed by atoms with E-state index in [1.165, 1.54) is 5.56 Å². The highest BCUT2D eigenvalue weighted by Gasteiger charge is 2.17. The number of nitrogens with zero attached hydrogens (tertiary/aromatic N) is 2. The molecule has 2 aromatic heterocycles. The fourth-order valence-corrected chi connectivity index (χ4v) is 4.19. The number of hydrogen-bond donors (Lipinski definition) is 1. The van der Waals surface area contributed by atoms with Crippen molar-refractivity contribution in [2.45, 2.75) is 30.8 Å². The molecule has 4 rings (SSSR count). The zero-order chi connectivity index (χ0) is 17.4. The number of fused-ring (bicyclic) bond motifs is 3. The van der Waals surface area contributed by atoms with Crippen LogP contribution in [0.2, 0.25) is 0 Å². The number of H-pyrrole nitrogens is 1. The first kappa shape index (κ1) is 16.0. The molecule has 0 saturated heterocycles. The van der Waals surface area contributed by atoms with E-state index in [-0.39, 0.29) is 10.8 Å².